The summed E-state index contributed by atoms with van der Waals surface area (Å²) in [4.78, 5) is 84.1. The third kappa shape index (κ3) is 12.2. The van der Waals surface area contributed by atoms with E-state index in [2.05, 4.69) is 21.3 Å². The number of carbonyl (C=O) groups excluding carboxylic acids is 6. The van der Waals surface area contributed by atoms with Crippen molar-refractivity contribution in [1.82, 2.24) is 31.1 Å². The molecule has 0 radical (unpaired) electrons. The molecule has 2 fully saturated rings. The first kappa shape index (κ1) is 44.1. The zero-order chi connectivity index (χ0) is 41.6. The van der Waals surface area contributed by atoms with Gasteiger partial charge < -0.3 is 45.6 Å². The first-order valence-corrected chi connectivity index (χ1v) is 20.7. The van der Waals surface area contributed by atoms with Gasteiger partial charge in [0.05, 0.1) is 31.9 Å². The molecule has 15 heteroatoms. The Kier molecular flexibility index (Phi) is 16.5. The summed E-state index contributed by atoms with van der Waals surface area (Å²) in [7, 11) is 3.15. The van der Waals surface area contributed by atoms with Gasteiger partial charge in [0.15, 0.2) is 6.10 Å². The molecule has 15 nitrogen and oxygen atoms in total. The summed E-state index contributed by atoms with van der Waals surface area (Å²) in [6.45, 7) is 2.19. The molecule has 3 aliphatic heterocycles. The van der Waals surface area contributed by atoms with Crippen LogP contribution in [0.15, 0.2) is 54.6 Å². The third-order valence-electron chi connectivity index (χ3n) is 11.2. The molecule has 1 aliphatic carbocycles. The Balaban J connectivity index is 1.28. The zero-order valence-electron chi connectivity index (χ0n) is 34.0. The Labute approximate surface area is 340 Å². The summed E-state index contributed by atoms with van der Waals surface area (Å²) in [6.07, 6.45) is 4.46. The quantitative estimate of drug-likeness (QED) is 0.214. The Morgan fingerprint density at radius 3 is 2.34 bits per heavy atom. The highest BCUT2D eigenvalue weighted by Gasteiger charge is 2.45. The smallest absolute Gasteiger partial charge is 0.251 e. The molecular weight excluding hydrogens is 745 g/mol. The second kappa shape index (κ2) is 21.7. The Hall–Kier alpha value is -5.02. The number of likely N-dealkylation sites (N-methyl/N-ethyl adjacent to an activating group) is 1. The molecule has 1 saturated carbocycles. The van der Waals surface area contributed by atoms with Gasteiger partial charge >= 0.3 is 0 Å². The average Bonchev–Trinajstić information content (AvgIpc) is 3.67. The van der Waals surface area contributed by atoms with Crippen LogP contribution in [-0.2, 0) is 39.9 Å². The topological polar surface area (TPSA) is 196 Å². The van der Waals surface area contributed by atoms with Crippen LogP contribution in [0, 0.1) is 5.92 Å². The van der Waals surface area contributed by atoms with Gasteiger partial charge in [-0.1, -0.05) is 75.1 Å². The van der Waals surface area contributed by atoms with Gasteiger partial charge in [-0.25, -0.2) is 0 Å². The predicted molar refractivity (Wildman–Crippen MR) is 215 cm³/mol. The molecule has 1 saturated heterocycles. The number of nitrogens with one attached hydrogen (secondary N) is 4. The van der Waals surface area contributed by atoms with Crippen molar-refractivity contribution in [3.63, 3.8) is 0 Å². The predicted octanol–water partition coefficient (Wildman–Crippen LogP) is 2.16. The first-order valence-electron chi connectivity index (χ1n) is 20.7. The van der Waals surface area contributed by atoms with E-state index in [1.807, 2.05) is 31.2 Å². The summed E-state index contributed by atoms with van der Waals surface area (Å²) < 4.78 is 12.1. The zero-order valence-corrected chi connectivity index (χ0v) is 34.0. The van der Waals surface area contributed by atoms with Crippen molar-refractivity contribution in [2.75, 3.05) is 40.4 Å². The van der Waals surface area contributed by atoms with Gasteiger partial charge in [0.1, 0.15) is 23.9 Å². The van der Waals surface area contributed by atoms with E-state index in [9.17, 15) is 33.9 Å². The summed E-state index contributed by atoms with van der Waals surface area (Å²) >= 11 is 0. The number of aliphatic hydroxyl groups excluding tert-OH is 1. The summed E-state index contributed by atoms with van der Waals surface area (Å²) in [5, 5.41) is 22.2. The van der Waals surface area contributed by atoms with Gasteiger partial charge in [0.2, 0.25) is 29.5 Å². The van der Waals surface area contributed by atoms with Crippen molar-refractivity contribution in [2.24, 2.45) is 5.92 Å². The largest absolute Gasteiger partial charge is 0.494 e. The molecule has 2 aromatic carbocycles. The van der Waals surface area contributed by atoms with Crippen LogP contribution < -0.4 is 26.0 Å². The van der Waals surface area contributed by atoms with Crippen molar-refractivity contribution in [1.29, 1.82) is 0 Å². The molecule has 5 N–H and O–H groups in total. The fourth-order valence-electron chi connectivity index (χ4n) is 7.95. The Morgan fingerprint density at radius 1 is 0.931 bits per heavy atom. The lowest BCUT2D eigenvalue weighted by Crippen LogP contribution is -2.58. The van der Waals surface area contributed by atoms with Crippen molar-refractivity contribution in [2.45, 2.75) is 114 Å². The second-order valence-corrected chi connectivity index (χ2v) is 15.7. The molecule has 0 aromatic heterocycles. The number of ether oxygens (including phenoxy) is 2. The minimum atomic E-state index is -1.73. The van der Waals surface area contributed by atoms with Crippen molar-refractivity contribution in [3.8, 4) is 5.75 Å². The van der Waals surface area contributed by atoms with E-state index in [4.69, 9.17) is 9.47 Å². The van der Waals surface area contributed by atoms with Crippen LogP contribution in [0.25, 0.3) is 0 Å². The maximum atomic E-state index is 14.6. The molecule has 4 bridgehead atoms. The van der Waals surface area contributed by atoms with E-state index in [1.165, 1.54) is 9.80 Å². The fourth-order valence-corrected chi connectivity index (χ4v) is 7.95. The van der Waals surface area contributed by atoms with E-state index >= 15 is 0 Å². The first-order chi connectivity index (χ1) is 27.9. The second-order valence-electron chi connectivity index (χ2n) is 15.7. The number of benzene rings is 2. The molecule has 2 unspecified atom stereocenters. The minimum absolute atomic E-state index is 0.0876. The molecule has 58 heavy (non-hydrogen) atoms. The molecule has 316 valence electrons. The van der Waals surface area contributed by atoms with Crippen LogP contribution in [0.5, 0.6) is 5.75 Å². The lowest BCUT2D eigenvalue weighted by Gasteiger charge is -2.35. The number of carbonyl (C=O) groups is 6. The normalized spacial score (nSPS) is 22.3. The number of hydrogen-bond acceptors (Lipinski definition) is 9. The van der Waals surface area contributed by atoms with E-state index in [0.29, 0.717) is 38.0 Å². The number of rotatable bonds is 12. The minimum Gasteiger partial charge on any atom is -0.494 e. The molecule has 6 rings (SSSR count). The number of nitrogens with zero attached hydrogens (tertiary/aromatic N) is 2. The van der Waals surface area contributed by atoms with Gasteiger partial charge in [-0.15, -0.1) is 0 Å². The Morgan fingerprint density at radius 2 is 1.66 bits per heavy atom. The highest BCUT2D eigenvalue weighted by molar-refractivity contribution is 5.94. The summed E-state index contributed by atoms with van der Waals surface area (Å²) in [5.41, 5.74) is 1.54. The molecular formula is C43H60N6O9. The van der Waals surface area contributed by atoms with Crippen LogP contribution in [0.4, 0.5) is 0 Å². The number of hydrogen-bond donors (Lipinski definition) is 5. The highest BCUT2D eigenvalue weighted by atomic mass is 16.5. The third-order valence-corrected chi connectivity index (χ3v) is 11.2. The van der Waals surface area contributed by atoms with E-state index in [1.54, 1.807) is 44.4 Å². The fraction of sp³-hybridized carbons (Fsp3) is 0.581. The van der Waals surface area contributed by atoms with Crippen molar-refractivity contribution < 1.29 is 43.3 Å². The van der Waals surface area contributed by atoms with Crippen molar-refractivity contribution >= 4 is 35.4 Å². The monoisotopic (exact) mass is 804 g/mol. The van der Waals surface area contributed by atoms with Crippen LogP contribution in [-0.4, -0.2) is 121 Å². The maximum Gasteiger partial charge on any atom is 0.251 e. The lowest BCUT2D eigenvalue weighted by atomic mass is 9.83. The number of aryl methyl sites for hydroxylation is 1. The van der Waals surface area contributed by atoms with E-state index in [0.717, 1.165) is 43.4 Å². The lowest BCUT2D eigenvalue weighted by molar-refractivity contribution is -0.144. The molecule has 0 spiro atoms. The van der Waals surface area contributed by atoms with E-state index < -0.39 is 60.6 Å². The average molecular weight is 805 g/mol. The number of aliphatic hydroxyl groups is 1. The van der Waals surface area contributed by atoms with Gasteiger partial charge in [-0.3, -0.25) is 28.8 Å². The van der Waals surface area contributed by atoms with Crippen LogP contribution in [0.1, 0.15) is 88.3 Å². The van der Waals surface area contributed by atoms with Crippen molar-refractivity contribution in [3.05, 3.63) is 65.7 Å². The van der Waals surface area contributed by atoms with Gasteiger partial charge in [-0.2, -0.15) is 0 Å². The van der Waals surface area contributed by atoms with Gasteiger partial charge in [-0.05, 0) is 54.9 Å². The van der Waals surface area contributed by atoms with Crippen LogP contribution in [0.2, 0.25) is 0 Å². The Bertz CT molecular complexity index is 1700. The highest BCUT2D eigenvalue weighted by Crippen LogP contribution is 2.30. The molecule has 4 aliphatic rings. The maximum absolute atomic E-state index is 14.6. The summed E-state index contributed by atoms with van der Waals surface area (Å²) in [5.74, 6) is -2.41. The van der Waals surface area contributed by atoms with E-state index in [-0.39, 0.29) is 49.4 Å². The molecule has 6 amide bonds. The van der Waals surface area contributed by atoms with Gasteiger partial charge in [0.25, 0.3) is 5.91 Å². The standard InChI is InChI=1S/C43H60N6O9/c1-4-12-33(39(52)41(54)44-26-36(51)47-37(42(55)48(2)3)29-13-7-5-8-14-29)45-40(53)34-25-32-27-49(34)43(56)38(30-15-9-6-10-16-30)46-35(50)22-19-28-17-20-31(21-18-28)57-23-11-24-58-32/h5,7-8,13-14,17-18,20-21,30,32-34,37-39,52H,4,6,9-12,15-16,19,22-27H2,1-3H3,(H,44,54)(H,45,53)(H,46,50)(H,47,51)/t32-,33?,34+,37+,38+,39?/m1/s1. The summed E-state index contributed by atoms with van der Waals surface area (Å²) in [6, 6.07) is 12.5. The SMILES string of the molecule is CCCC(NC(=O)[C@@H]1C[C@@H]2CN1C(=O)[C@H](C1CCCCC1)NC(=O)CCc1ccc(cc1)OCCCO2)C(O)C(=O)NCC(=O)N[C@H](C(=O)N(C)C)c1ccccc1. The molecule has 3 heterocycles. The molecule has 2 aromatic rings. The number of fused-ring (bicyclic) bond motifs is 11. The number of amides is 6. The molecule has 6 atom stereocenters. The van der Waals surface area contributed by atoms with Crippen LogP contribution in [0.3, 0.4) is 0 Å². The van der Waals surface area contributed by atoms with Gasteiger partial charge in [0, 0.05) is 39.9 Å². The van der Waals surface area contributed by atoms with Crippen LogP contribution >= 0.6 is 0 Å².